The average molecular weight is 422 g/mol. The number of hydroxylamine groups is 4. The summed E-state index contributed by atoms with van der Waals surface area (Å²) in [5, 5.41) is 45.7. The van der Waals surface area contributed by atoms with E-state index in [1.165, 1.54) is 5.59 Å². The Hall–Kier alpha value is -3.06. The summed E-state index contributed by atoms with van der Waals surface area (Å²) >= 11 is 0. The van der Waals surface area contributed by atoms with E-state index in [2.05, 4.69) is 9.88 Å². The molecule has 0 aromatic heterocycles. The third-order valence-electron chi connectivity index (χ3n) is 3.85. The Morgan fingerprint density at radius 2 is 1.17 bits per heavy atom. The summed E-state index contributed by atoms with van der Waals surface area (Å²) in [7, 11) is 0. The minimum Gasteiger partial charge on any atom is -0.479 e. The molecule has 29 heavy (non-hydrogen) atoms. The molecule has 0 bridgehead atoms. The Labute approximate surface area is 158 Å². The summed E-state index contributed by atoms with van der Waals surface area (Å²) < 4.78 is 0. The largest absolute Gasteiger partial charge is 0.479 e. The third kappa shape index (κ3) is 4.51. The maximum Gasteiger partial charge on any atom is 0.336 e. The number of aliphatic carboxylic acids is 2. The number of rotatable bonds is 7. The van der Waals surface area contributed by atoms with Crippen LogP contribution < -0.4 is 5.59 Å². The number of carbonyl (C=O) groups is 6. The Bertz CT molecular complexity index is 746. The highest BCUT2D eigenvalue weighted by Crippen LogP contribution is 2.26. The van der Waals surface area contributed by atoms with Crippen molar-refractivity contribution in [2.75, 3.05) is 0 Å². The molecule has 4 amide bonds. The van der Waals surface area contributed by atoms with Crippen LogP contribution in [0.1, 0.15) is 25.7 Å². The zero-order valence-corrected chi connectivity index (χ0v) is 14.2. The van der Waals surface area contributed by atoms with Crippen LogP contribution >= 0.6 is 0 Å². The summed E-state index contributed by atoms with van der Waals surface area (Å²) in [5.74, 6) is -8.99. The predicted molar refractivity (Wildman–Crippen MR) is 76.3 cm³/mol. The highest BCUT2D eigenvalue weighted by atomic mass is 17.1. The lowest BCUT2D eigenvalue weighted by Crippen LogP contribution is -2.59. The standard InChI is InChI=1S/C12H14N4O13/c17-5-1-11(25,9(21)22)2-6(18)14(5)28-13-16(27)29-15-7(19)3-12(26,10(23)24)4-8(15)20/h13,25-27H,1-4H2,(H,21,22)(H,23,24). The maximum absolute atomic E-state index is 11.8. The molecule has 0 radical (unpaired) electrons. The number of hydrogen-bond acceptors (Lipinski definition) is 13. The molecular formula is C12H14N4O13. The van der Waals surface area contributed by atoms with Gasteiger partial charge in [0.2, 0.25) is 0 Å². The van der Waals surface area contributed by atoms with Gasteiger partial charge in [-0.25, -0.2) is 9.59 Å². The van der Waals surface area contributed by atoms with Crippen molar-refractivity contribution in [3.63, 3.8) is 0 Å². The fourth-order valence-corrected chi connectivity index (χ4v) is 2.36. The molecule has 2 heterocycles. The first kappa shape index (κ1) is 22.2. The van der Waals surface area contributed by atoms with E-state index in [1.54, 1.807) is 0 Å². The number of hydrazine groups is 1. The lowest BCUT2D eigenvalue weighted by atomic mass is 9.91. The van der Waals surface area contributed by atoms with Gasteiger partial charge < -0.3 is 20.4 Å². The Balaban J connectivity index is 1.93. The Kier molecular flexibility index (Phi) is 5.94. The molecule has 2 fully saturated rings. The number of carboxylic acids is 2. The van der Waals surface area contributed by atoms with Crippen LogP contribution in [-0.2, 0) is 38.6 Å². The fourth-order valence-electron chi connectivity index (χ4n) is 2.36. The van der Waals surface area contributed by atoms with Gasteiger partial charge in [0.1, 0.15) is 0 Å². The first-order chi connectivity index (χ1) is 13.3. The number of nitrogens with zero attached hydrogens (tertiary/aromatic N) is 3. The van der Waals surface area contributed by atoms with Gasteiger partial charge in [-0.2, -0.15) is 4.94 Å². The molecule has 0 aromatic rings. The number of amides is 4. The van der Waals surface area contributed by atoms with Crippen molar-refractivity contribution in [1.29, 1.82) is 0 Å². The molecular weight excluding hydrogens is 408 g/mol. The molecule has 17 heteroatoms. The Morgan fingerprint density at radius 1 is 0.828 bits per heavy atom. The van der Waals surface area contributed by atoms with Gasteiger partial charge >= 0.3 is 11.9 Å². The highest BCUT2D eigenvalue weighted by Gasteiger charge is 2.50. The number of nitrogens with one attached hydrogen (secondary N) is 1. The second kappa shape index (κ2) is 7.75. The summed E-state index contributed by atoms with van der Waals surface area (Å²) in [5.41, 5.74) is -3.90. The van der Waals surface area contributed by atoms with E-state index < -0.39 is 77.8 Å². The normalized spacial score (nSPS) is 21.7. The highest BCUT2D eigenvalue weighted by molar-refractivity contribution is 6.03. The first-order valence-corrected chi connectivity index (χ1v) is 7.52. The van der Waals surface area contributed by atoms with Crippen molar-refractivity contribution < 1.29 is 64.3 Å². The molecule has 2 aliphatic rings. The van der Waals surface area contributed by atoms with Crippen molar-refractivity contribution in [2.45, 2.75) is 36.9 Å². The van der Waals surface area contributed by atoms with Gasteiger partial charge in [0.05, 0.1) is 31.0 Å². The van der Waals surface area contributed by atoms with E-state index in [0.717, 1.165) is 0 Å². The molecule has 0 aliphatic carbocycles. The van der Waals surface area contributed by atoms with Crippen molar-refractivity contribution >= 4 is 35.6 Å². The molecule has 0 aromatic carbocycles. The van der Waals surface area contributed by atoms with Crippen LogP contribution in [-0.4, -0.2) is 87.9 Å². The fraction of sp³-hybridized carbons (Fsp3) is 0.500. The summed E-state index contributed by atoms with van der Waals surface area (Å²) in [6.45, 7) is 0. The molecule has 6 N–H and O–H groups in total. The second-order valence-corrected chi connectivity index (χ2v) is 6.08. The molecule has 0 saturated carbocycles. The summed E-state index contributed by atoms with van der Waals surface area (Å²) in [6, 6.07) is 0. The van der Waals surface area contributed by atoms with Gasteiger partial charge in [-0.1, -0.05) is 5.59 Å². The second-order valence-electron chi connectivity index (χ2n) is 6.08. The van der Waals surface area contributed by atoms with Crippen molar-refractivity contribution in [3.8, 4) is 0 Å². The van der Waals surface area contributed by atoms with E-state index in [0.29, 0.717) is 0 Å². The predicted octanol–water partition coefficient (Wildman–Crippen LogP) is -4.20. The summed E-state index contributed by atoms with van der Waals surface area (Å²) in [4.78, 5) is 77.5. The molecule has 0 spiro atoms. The van der Waals surface area contributed by atoms with E-state index in [1.807, 2.05) is 0 Å². The topological polar surface area (TPSA) is 244 Å². The van der Waals surface area contributed by atoms with Gasteiger partial charge in [0.15, 0.2) is 11.2 Å². The minimum absolute atomic E-state index is 0.0625. The molecule has 0 atom stereocenters. The van der Waals surface area contributed by atoms with Crippen molar-refractivity contribution in [2.24, 2.45) is 0 Å². The number of carboxylic acid groups (broad SMARTS) is 2. The molecule has 2 aliphatic heterocycles. The quantitative estimate of drug-likeness (QED) is 0.168. The van der Waals surface area contributed by atoms with Crippen LogP contribution in [0.2, 0.25) is 0 Å². The number of aliphatic hydroxyl groups is 2. The van der Waals surface area contributed by atoms with Gasteiger partial charge in [0, 0.05) is 0 Å². The van der Waals surface area contributed by atoms with Crippen LogP contribution in [0.4, 0.5) is 0 Å². The van der Waals surface area contributed by atoms with E-state index >= 15 is 0 Å². The smallest absolute Gasteiger partial charge is 0.336 e. The summed E-state index contributed by atoms with van der Waals surface area (Å²) in [6.07, 6.45) is -4.23. The van der Waals surface area contributed by atoms with Crippen LogP contribution in [0, 0.1) is 0 Å². The van der Waals surface area contributed by atoms with Crippen molar-refractivity contribution in [3.05, 3.63) is 0 Å². The maximum atomic E-state index is 11.8. The monoisotopic (exact) mass is 422 g/mol. The number of piperidine rings is 2. The van der Waals surface area contributed by atoms with Crippen LogP contribution in [0.3, 0.4) is 0 Å². The number of carbonyl (C=O) groups excluding carboxylic acids is 4. The van der Waals surface area contributed by atoms with Gasteiger partial charge in [-0.05, 0) is 0 Å². The zero-order chi connectivity index (χ0) is 22.1. The van der Waals surface area contributed by atoms with E-state index in [9.17, 15) is 44.2 Å². The molecule has 0 unspecified atom stereocenters. The van der Waals surface area contributed by atoms with Gasteiger partial charge in [-0.15, -0.1) is 15.1 Å². The third-order valence-corrected chi connectivity index (χ3v) is 3.85. The van der Waals surface area contributed by atoms with E-state index in [-0.39, 0.29) is 10.1 Å². The molecule has 2 saturated heterocycles. The molecule has 17 nitrogen and oxygen atoms in total. The van der Waals surface area contributed by atoms with E-state index in [4.69, 9.17) is 10.2 Å². The lowest BCUT2D eigenvalue weighted by Gasteiger charge is -2.34. The lowest BCUT2D eigenvalue weighted by molar-refractivity contribution is -0.488. The van der Waals surface area contributed by atoms with Crippen molar-refractivity contribution in [1.82, 2.24) is 21.1 Å². The number of imide groups is 2. The first-order valence-electron chi connectivity index (χ1n) is 7.52. The van der Waals surface area contributed by atoms with Crippen LogP contribution in [0.5, 0.6) is 0 Å². The van der Waals surface area contributed by atoms with Crippen LogP contribution in [0.15, 0.2) is 0 Å². The van der Waals surface area contributed by atoms with Gasteiger partial charge in [0.25, 0.3) is 23.6 Å². The SMILES string of the molecule is O=C1CC(O)(C(=O)O)CC(=O)N1ONN(O)ON1C(=O)CC(O)(C(=O)O)CC1=O. The molecule has 2 rings (SSSR count). The minimum atomic E-state index is -2.66. The zero-order valence-electron chi connectivity index (χ0n) is 14.2. The average Bonchev–Trinajstić information content (AvgIpc) is 2.57. The number of hydrogen-bond donors (Lipinski definition) is 6. The Morgan fingerprint density at radius 3 is 1.52 bits per heavy atom. The molecule has 160 valence electrons. The van der Waals surface area contributed by atoms with Gasteiger partial charge in [-0.3, -0.25) is 24.4 Å². The van der Waals surface area contributed by atoms with Crippen LogP contribution in [0.25, 0.3) is 0 Å².